The molecule has 0 aliphatic heterocycles. The molecule has 0 bridgehead atoms. The number of nitrogens with zero attached hydrogens (tertiary/aromatic N) is 2. The van der Waals surface area contributed by atoms with Gasteiger partial charge in [0.2, 0.25) is 0 Å². The highest BCUT2D eigenvalue weighted by atomic mass is 35.5. The normalized spacial score (nSPS) is 11.0. The molecule has 0 N–H and O–H groups in total. The molecule has 0 radical (unpaired) electrons. The van der Waals surface area contributed by atoms with Crippen LogP contribution in [0.4, 0.5) is 0 Å². The molecule has 17 heavy (non-hydrogen) atoms. The van der Waals surface area contributed by atoms with Gasteiger partial charge in [0.15, 0.2) is 0 Å². The van der Waals surface area contributed by atoms with Crippen LogP contribution in [0.3, 0.4) is 0 Å². The van der Waals surface area contributed by atoms with E-state index < -0.39 is 0 Å². The average molecular weight is 253 g/mol. The maximum atomic E-state index is 5.82. The van der Waals surface area contributed by atoms with Gasteiger partial charge in [-0.2, -0.15) is 0 Å². The van der Waals surface area contributed by atoms with E-state index in [-0.39, 0.29) is 0 Å². The summed E-state index contributed by atoms with van der Waals surface area (Å²) in [4.78, 5) is 4.62. The molecule has 2 rings (SSSR count). The molecule has 0 spiro atoms. The van der Waals surface area contributed by atoms with Gasteiger partial charge in [-0.3, -0.25) is 0 Å². The molecular weight excluding hydrogens is 236 g/mol. The van der Waals surface area contributed by atoms with E-state index in [9.17, 15) is 0 Å². The smallest absolute Gasteiger partial charge is 0.121 e. The Kier molecular flexibility index (Phi) is 3.89. The summed E-state index contributed by atoms with van der Waals surface area (Å²) in [6.45, 7) is 3.13. The van der Waals surface area contributed by atoms with Crippen molar-refractivity contribution in [1.82, 2.24) is 9.55 Å². The zero-order valence-electron chi connectivity index (χ0n) is 10.2. The Morgan fingerprint density at radius 1 is 1.41 bits per heavy atom. The van der Waals surface area contributed by atoms with Crippen LogP contribution in [-0.4, -0.2) is 22.5 Å². The number of hydrogen-bond donors (Lipinski definition) is 0. The fourth-order valence-corrected chi connectivity index (χ4v) is 2.20. The molecule has 0 fully saturated rings. The van der Waals surface area contributed by atoms with Gasteiger partial charge in [0.25, 0.3) is 0 Å². The van der Waals surface area contributed by atoms with Crippen molar-refractivity contribution in [2.45, 2.75) is 26.3 Å². The maximum absolute atomic E-state index is 5.82. The van der Waals surface area contributed by atoms with Crippen LogP contribution in [0.1, 0.15) is 19.2 Å². The largest absolute Gasteiger partial charge is 0.497 e. The molecule has 0 saturated carbocycles. The van der Waals surface area contributed by atoms with Gasteiger partial charge >= 0.3 is 0 Å². The van der Waals surface area contributed by atoms with Crippen LogP contribution in [0.5, 0.6) is 5.75 Å². The molecular formula is C13H17ClN2O. The van der Waals surface area contributed by atoms with E-state index >= 15 is 0 Å². The van der Waals surface area contributed by atoms with Crippen molar-refractivity contribution in [3.05, 3.63) is 24.0 Å². The third-order valence-corrected chi connectivity index (χ3v) is 2.99. The summed E-state index contributed by atoms with van der Waals surface area (Å²) in [5.41, 5.74) is 2.14. The van der Waals surface area contributed by atoms with Gasteiger partial charge in [0.05, 0.1) is 18.1 Å². The minimum atomic E-state index is 0.601. The number of methoxy groups -OCH3 is 1. The van der Waals surface area contributed by atoms with Crippen LogP contribution >= 0.6 is 11.6 Å². The van der Waals surface area contributed by atoms with E-state index in [1.54, 1.807) is 7.11 Å². The Labute approximate surface area is 106 Å². The number of aryl methyl sites for hydroxylation is 2. The lowest BCUT2D eigenvalue weighted by Gasteiger charge is -2.07. The van der Waals surface area contributed by atoms with E-state index in [0.29, 0.717) is 5.88 Å². The maximum Gasteiger partial charge on any atom is 0.121 e. The zero-order chi connectivity index (χ0) is 12.3. The predicted octanol–water partition coefficient (Wildman–Crippen LogP) is 3.24. The van der Waals surface area contributed by atoms with Crippen LogP contribution in [-0.2, 0) is 13.0 Å². The summed E-state index contributed by atoms with van der Waals surface area (Å²) in [5.74, 6) is 2.53. The summed E-state index contributed by atoms with van der Waals surface area (Å²) < 4.78 is 7.49. The highest BCUT2D eigenvalue weighted by Crippen LogP contribution is 2.22. The zero-order valence-corrected chi connectivity index (χ0v) is 11.0. The lowest BCUT2D eigenvalue weighted by atomic mass is 10.3. The second-order valence-electron chi connectivity index (χ2n) is 3.97. The Morgan fingerprint density at radius 2 is 2.24 bits per heavy atom. The van der Waals surface area contributed by atoms with Gasteiger partial charge in [0.1, 0.15) is 11.6 Å². The van der Waals surface area contributed by atoms with Gasteiger partial charge in [-0.1, -0.05) is 6.92 Å². The first-order valence-electron chi connectivity index (χ1n) is 5.89. The molecule has 92 valence electrons. The molecule has 1 aromatic heterocycles. The molecule has 0 aliphatic rings. The van der Waals surface area contributed by atoms with Gasteiger partial charge in [0, 0.05) is 24.9 Å². The van der Waals surface area contributed by atoms with E-state index in [4.69, 9.17) is 16.3 Å². The van der Waals surface area contributed by atoms with E-state index in [1.165, 1.54) is 0 Å². The number of imidazole rings is 1. The third kappa shape index (κ3) is 2.39. The minimum absolute atomic E-state index is 0.601. The lowest BCUT2D eigenvalue weighted by molar-refractivity contribution is 0.415. The highest BCUT2D eigenvalue weighted by molar-refractivity contribution is 6.17. The topological polar surface area (TPSA) is 27.1 Å². The molecule has 1 aromatic carbocycles. The van der Waals surface area contributed by atoms with E-state index in [0.717, 1.165) is 42.0 Å². The van der Waals surface area contributed by atoms with Crippen LogP contribution < -0.4 is 4.74 Å². The van der Waals surface area contributed by atoms with Crippen LogP contribution in [0.25, 0.3) is 11.0 Å². The molecule has 4 heteroatoms. The number of alkyl halides is 1. The molecule has 0 unspecified atom stereocenters. The standard InChI is InChI=1S/C13H17ClN2O/c1-3-8-16-12-9-10(17-2)4-5-11(12)15-13(16)6-7-14/h4-5,9H,3,6-8H2,1-2H3. The van der Waals surface area contributed by atoms with Crippen LogP contribution in [0.15, 0.2) is 18.2 Å². The Bertz CT molecular complexity index is 507. The highest BCUT2D eigenvalue weighted by Gasteiger charge is 2.10. The third-order valence-electron chi connectivity index (χ3n) is 2.80. The SMILES string of the molecule is CCCn1c(CCCl)nc2ccc(OC)cc21. The monoisotopic (exact) mass is 252 g/mol. The quantitative estimate of drug-likeness (QED) is 0.764. The summed E-state index contributed by atoms with van der Waals surface area (Å²) >= 11 is 5.82. The number of hydrogen-bond acceptors (Lipinski definition) is 2. The number of aromatic nitrogens is 2. The van der Waals surface area contributed by atoms with Gasteiger partial charge in [-0.05, 0) is 18.6 Å². The summed E-state index contributed by atoms with van der Waals surface area (Å²) in [6.07, 6.45) is 1.89. The fourth-order valence-electron chi connectivity index (χ4n) is 2.03. The van der Waals surface area contributed by atoms with E-state index in [2.05, 4.69) is 16.5 Å². The number of ether oxygens (including phenoxy) is 1. The summed E-state index contributed by atoms with van der Waals surface area (Å²) in [7, 11) is 1.68. The number of halogens is 1. The second kappa shape index (κ2) is 5.41. The number of benzene rings is 1. The Morgan fingerprint density at radius 3 is 2.88 bits per heavy atom. The average Bonchev–Trinajstić information content (AvgIpc) is 2.68. The molecule has 0 amide bonds. The van der Waals surface area contributed by atoms with Crippen molar-refractivity contribution in [3.8, 4) is 5.75 Å². The van der Waals surface area contributed by atoms with Crippen molar-refractivity contribution in [3.63, 3.8) is 0 Å². The first-order chi connectivity index (χ1) is 8.30. The molecule has 1 heterocycles. The Balaban J connectivity index is 2.55. The fraction of sp³-hybridized carbons (Fsp3) is 0.462. The second-order valence-corrected chi connectivity index (χ2v) is 4.35. The summed E-state index contributed by atoms with van der Waals surface area (Å²) in [5, 5.41) is 0. The van der Waals surface area contributed by atoms with Crippen molar-refractivity contribution in [2.24, 2.45) is 0 Å². The minimum Gasteiger partial charge on any atom is -0.497 e. The predicted molar refractivity (Wildman–Crippen MR) is 71.0 cm³/mol. The van der Waals surface area contributed by atoms with Crippen molar-refractivity contribution < 1.29 is 4.74 Å². The Hall–Kier alpha value is -1.22. The van der Waals surface area contributed by atoms with Crippen molar-refractivity contribution >= 4 is 22.6 Å². The van der Waals surface area contributed by atoms with Crippen LogP contribution in [0.2, 0.25) is 0 Å². The molecule has 3 nitrogen and oxygen atoms in total. The van der Waals surface area contributed by atoms with Gasteiger partial charge in [-0.25, -0.2) is 4.98 Å². The van der Waals surface area contributed by atoms with Gasteiger partial charge in [-0.15, -0.1) is 11.6 Å². The molecule has 0 saturated heterocycles. The first-order valence-corrected chi connectivity index (χ1v) is 6.42. The van der Waals surface area contributed by atoms with E-state index in [1.807, 2.05) is 18.2 Å². The first kappa shape index (κ1) is 12.2. The lowest BCUT2D eigenvalue weighted by Crippen LogP contribution is -2.04. The number of fused-ring (bicyclic) bond motifs is 1. The van der Waals surface area contributed by atoms with Gasteiger partial charge < -0.3 is 9.30 Å². The molecule has 2 aromatic rings. The van der Waals surface area contributed by atoms with Crippen molar-refractivity contribution in [1.29, 1.82) is 0 Å². The van der Waals surface area contributed by atoms with Crippen molar-refractivity contribution in [2.75, 3.05) is 13.0 Å². The summed E-state index contributed by atoms with van der Waals surface area (Å²) in [6, 6.07) is 5.98. The molecule has 0 aliphatic carbocycles. The molecule has 0 atom stereocenters. The van der Waals surface area contributed by atoms with Crippen LogP contribution in [0, 0.1) is 0 Å². The number of rotatable bonds is 5.